The molecule has 0 saturated heterocycles. The van der Waals surface area contributed by atoms with Crippen LogP contribution in [0.25, 0.3) is 0 Å². The van der Waals surface area contributed by atoms with Gasteiger partial charge in [-0.25, -0.2) is 13.1 Å². The van der Waals surface area contributed by atoms with Crippen LogP contribution in [0.1, 0.15) is 19.5 Å². The highest BCUT2D eigenvalue weighted by atomic mass is 32.2. The molecule has 2 aromatic rings. The van der Waals surface area contributed by atoms with Crippen LogP contribution >= 0.6 is 0 Å². The van der Waals surface area contributed by atoms with E-state index >= 15 is 0 Å². The number of methoxy groups -OCH3 is 2. The molecular formula is C18H24N2O6S. The van der Waals surface area contributed by atoms with E-state index in [9.17, 15) is 13.2 Å². The zero-order valence-corrected chi connectivity index (χ0v) is 16.6. The number of ether oxygens (including phenoxy) is 3. The molecule has 1 aromatic carbocycles. The molecule has 0 radical (unpaired) electrons. The zero-order chi connectivity index (χ0) is 20.0. The van der Waals surface area contributed by atoms with Crippen molar-refractivity contribution in [3.05, 3.63) is 46.4 Å². The molecular weight excluding hydrogens is 372 g/mol. The molecule has 0 aliphatic carbocycles. The van der Waals surface area contributed by atoms with Gasteiger partial charge >= 0.3 is 0 Å². The minimum absolute atomic E-state index is 0.0272. The van der Waals surface area contributed by atoms with E-state index in [2.05, 4.69) is 9.71 Å². The summed E-state index contributed by atoms with van der Waals surface area (Å²) in [6.45, 7) is 4.31. The summed E-state index contributed by atoms with van der Waals surface area (Å²) in [5.41, 5.74) is 0.107. The van der Waals surface area contributed by atoms with Gasteiger partial charge in [-0.15, -0.1) is 0 Å². The van der Waals surface area contributed by atoms with Crippen LogP contribution in [0, 0.1) is 5.92 Å². The number of rotatable bonds is 9. The van der Waals surface area contributed by atoms with Gasteiger partial charge in [0.15, 0.2) is 17.2 Å². The Morgan fingerprint density at radius 1 is 1.07 bits per heavy atom. The Morgan fingerprint density at radius 2 is 1.78 bits per heavy atom. The molecule has 9 heteroatoms. The van der Waals surface area contributed by atoms with Crippen LogP contribution in [0.15, 0.2) is 40.2 Å². The van der Waals surface area contributed by atoms with Crippen LogP contribution in [-0.4, -0.2) is 34.2 Å². The largest absolute Gasteiger partial charge is 0.493 e. The highest BCUT2D eigenvalue weighted by Crippen LogP contribution is 2.29. The topological polar surface area (TPSA) is 107 Å². The summed E-state index contributed by atoms with van der Waals surface area (Å²) in [6, 6.07) is 5.60. The maximum Gasteiger partial charge on any atom is 0.241 e. The molecule has 0 fully saturated rings. The summed E-state index contributed by atoms with van der Waals surface area (Å²) in [5.74, 6) is 1.23. The van der Waals surface area contributed by atoms with Gasteiger partial charge in [-0.3, -0.25) is 4.79 Å². The molecule has 148 valence electrons. The van der Waals surface area contributed by atoms with E-state index in [1.54, 1.807) is 0 Å². The lowest BCUT2D eigenvalue weighted by atomic mass is 10.2. The zero-order valence-electron chi connectivity index (χ0n) is 15.7. The van der Waals surface area contributed by atoms with Crippen molar-refractivity contribution in [3.63, 3.8) is 0 Å². The number of aromatic nitrogens is 1. The third kappa shape index (κ3) is 5.48. The first-order valence-corrected chi connectivity index (χ1v) is 9.81. The predicted molar refractivity (Wildman–Crippen MR) is 101 cm³/mol. The minimum Gasteiger partial charge on any atom is -0.493 e. The van der Waals surface area contributed by atoms with Crippen LogP contribution in [0.4, 0.5) is 0 Å². The van der Waals surface area contributed by atoms with Gasteiger partial charge < -0.3 is 19.2 Å². The number of sulfonamides is 1. The molecule has 0 aliphatic heterocycles. The van der Waals surface area contributed by atoms with Gasteiger partial charge in [-0.05, 0) is 18.1 Å². The smallest absolute Gasteiger partial charge is 0.241 e. The Kier molecular flexibility index (Phi) is 6.86. The molecule has 0 saturated carbocycles. The Morgan fingerprint density at radius 3 is 2.37 bits per heavy atom. The van der Waals surface area contributed by atoms with Gasteiger partial charge in [-0.1, -0.05) is 13.8 Å². The molecule has 0 unspecified atom stereocenters. The average molecular weight is 396 g/mol. The molecule has 2 rings (SSSR count). The van der Waals surface area contributed by atoms with Crippen LogP contribution < -0.4 is 24.4 Å². The van der Waals surface area contributed by atoms with Crippen molar-refractivity contribution >= 4 is 10.0 Å². The summed E-state index contributed by atoms with van der Waals surface area (Å²) in [5, 5.41) is 0. The Labute approximate surface area is 158 Å². The number of aromatic amines is 1. The van der Waals surface area contributed by atoms with E-state index in [-0.39, 0.29) is 28.5 Å². The number of H-pyrrole nitrogens is 1. The van der Waals surface area contributed by atoms with Crippen molar-refractivity contribution in [2.45, 2.75) is 25.3 Å². The molecule has 0 atom stereocenters. The minimum atomic E-state index is -3.80. The third-order valence-electron chi connectivity index (χ3n) is 3.63. The van der Waals surface area contributed by atoms with Gasteiger partial charge in [0.1, 0.15) is 0 Å². The normalized spacial score (nSPS) is 11.4. The lowest BCUT2D eigenvalue weighted by molar-refractivity contribution is 0.267. The maximum atomic E-state index is 12.5. The van der Waals surface area contributed by atoms with Crippen molar-refractivity contribution in [1.82, 2.24) is 9.71 Å². The van der Waals surface area contributed by atoms with E-state index in [0.717, 1.165) is 0 Å². The number of hydrogen-bond acceptors (Lipinski definition) is 6. The summed E-state index contributed by atoms with van der Waals surface area (Å²) in [7, 11) is -0.906. The fourth-order valence-electron chi connectivity index (χ4n) is 2.21. The van der Waals surface area contributed by atoms with E-state index in [1.807, 2.05) is 13.8 Å². The van der Waals surface area contributed by atoms with Gasteiger partial charge in [-0.2, -0.15) is 0 Å². The van der Waals surface area contributed by atoms with Crippen LogP contribution in [0.5, 0.6) is 17.2 Å². The van der Waals surface area contributed by atoms with Gasteiger partial charge in [0.25, 0.3) is 0 Å². The van der Waals surface area contributed by atoms with Crippen molar-refractivity contribution < 1.29 is 22.6 Å². The molecule has 0 aliphatic rings. The molecule has 1 heterocycles. The van der Waals surface area contributed by atoms with E-state index in [0.29, 0.717) is 23.8 Å². The number of pyridine rings is 1. The van der Waals surface area contributed by atoms with E-state index in [4.69, 9.17) is 14.2 Å². The highest BCUT2D eigenvalue weighted by Gasteiger charge is 2.17. The van der Waals surface area contributed by atoms with E-state index < -0.39 is 10.0 Å². The Bertz CT molecular complexity index is 937. The predicted octanol–water partition coefficient (Wildman–Crippen LogP) is 1.91. The monoisotopic (exact) mass is 396 g/mol. The van der Waals surface area contributed by atoms with Crippen molar-refractivity contribution in [2.24, 2.45) is 5.92 Å². The molecule has 0 spiro atoms. The van der Waals surface area contributed by atoms with Gasteiger partial charge in [0.2, 0.25) is 15.5 Å². The second-order valence-corrected chi connectivity index (χ2v) is 8.00. The van der Waals surface area contributed by atoms with Crippen LogP contribution in [-0.2, 0) is 16.6 Å². The molecule has 27 heavy (non-hydrogen) atoms. The van der Waals surface area contributed by atoms with Gasteiger partial charge in [0.05, 0.1) is 32.3 Å². The quantitative estimate of drug-likeness (QED) is 0.671. The van der Waals surface area contributed by atoms with E-state index in [1.165, 1.54) is 44.7 Å². The van der Waals surface area contributed by atoms with Crippen molar-refractivity contribution in [1.29, 1.82) is 0 Å². The molecule has 0 amide bonds. The first-order chi connectivity index (χ1) is 12.8. The summed E-state index contributed by atoms with van der Waals surface area (Å²) in [4.78, 5) is 14.9. The molecule has 2 N–H and O–H groups in total. The highest BCUT2D eigenvalue weighted by molar-refractivity contribution is 7.89. The fraction of sp³-hybridized carbons (Fsp3) is 0.389. The van der Waals surface area contributed by atoms with Crippen molar-refractivity contribution in [3.8, 4) is 17.2 Å². The summed E-state index contributed by atoms with van der Waals surface area (Å²) in [6.07, 6.45) is 1.44. The molecule has 1 aromatic heterocycles. The number of benzene rings is 1. The third-order valence-corrected chi connectivity index (χ3v) is 5.03. The SMILES string of the molecule is COc1ccc(S(=O)(=O)NCc2cc(=O)c(OCC(C)C)c[nH]2)cc1OC. The fourth-order valence-corrected chi connectivity index (χ4v) is 3.23. The second kappa shape index (κ2) is 8.92. The summed E-state index contributed by atoms with van der Waals surface area (Å²) >= 11 is 0. The molecule has 0 bridgehead atoms. The Balaban J connectivity index is 2.11. The van der Waals surface area contributed by atoms with Crippen LogP contribution in [0.3, 0.4) is 0 Å². The van der Waals surface area contributed by atoms with Gasteiger partial charge in [0, 0.05) is 24.0 Å². The second-order valence-electron chi connectivity index (χ2n) is 6.23. The first kappa shape index (κ1) is 20.8. The lowest BCUT2D eigenvalue weighted by Gasteiger charge is -2.11. The first-order valence-electron chi connectivity index (χ1n) is 8.33. The summed E-state index contributed by atoms with van der Waals surface area (Å²) < 4.78 is 43.0. The maximum absolute atomic E-state index is 12.5. The number of nitrogens with one attached hydrogen (secondary N) is 2. The van der Waals surface area contributed by atoms with Crippen LogP contribution in [0.2, 0.25) is 0 Å². The average Bonchev–Trinajstić information content (AvgIpc) is 2.64. The number of hydrogen-bond donors (Lipinski definition) is 2. The standard InChI is InChI=1S/C18H24N2O6S/c1-12(2)11-26-18-10-19-13(7-15(18)21)9-20-27(22,23)14-5-6-16(24-3)17(8-14)25-4/h5-8,10,12,20H,9,11H2,1-4H3,(H,19,21). The Hall–Kier alpha value is -2.52. The molecule has 8 nitrogen and oxygen atoms in total. The van der Waals surface area contributed by atoms with Crippen molar-refractivity contribution in [2.75, 3.05) is 20.8 Å². The lowest BCUT2D eigenvalue weighted by Crippen LogP contribution is -2.24.